The van der Waals surface area contributed by atoms with Gasteiger partial charge in [-0.3, -0.25) is 4.79 Å². The summed E-state index contributed by atoms with van der Waals surface area (Å²) in [5.74, 6) is 2.75. The predicted octanol–water partition coefficient (Wildman–Crippen LogP) is 2.83. The number of carbonyl (C=O) groups is 1. The monoisotopic (exact) mass is 261 g/mol. The Labute approximate surface area is 114 Å². The van der Waals surface area contributed by atoms with Crippen LogP contribution in [0.1, 0.15) is 26.3 Å². The van der Waals surface area contributed by atoms with Gasteiger partial charge in [0.2, 0.25) is 5.91 Å². The summed E-state index contributed by atoms with van der Waals surface area (Å²) < 4.78 is 0. The van der Waals surface area contributed by atoms with Crippen LogP contribution in [0.2, 0.25) is 0 Å². The third-order valence-corrected chi connectivity index (χ3v) is 3.49. The van der Waals surface area contributed by atoms with Gasteiger partial charge >= 0.3 is 0 Å². The first-order valence-corrected chi connectivity index (χ1v) is 6.85. The normalized spacial score (nSPS) is 10.8. The number of benzene rings is 1. The summed E-state index contributed by atoms with van der Waals surface area (Å²) in [5.41, 5.74) is 1.46. The van der Waals surface area contributed by atoms with Crippen molar-refractivity contribution < 1.29 is 4.79 Å². The molecule has 0 heterocycles. The summed E-state index contributed by atoms with van der Waals surface area (Å²) >= 11 is 1.52. The van der Waals surface area contributed by atoms with Crippen LogP contribution in [-0.4, -0.2) is 18.2 Å². The van der Waals surface area contributed by atoms with Gasteiger partial charge in [0, 0.05) is 4.90 Å². The molecule has 0 radical (unpaired) electrons. The van der Waals surface area contributed by atoms with Gasteiger partial charge in [-0.1, -0.05) is 38.8 Å². The summed E-state index contributed by atoms with van der Waals surface area (Å²) in [4.78, 5) is 12.5. The fraction of sp³-hybridized carbons (Fsp3) is 0.400. The van der Waals surface area contributed by atoms with Crippen molar-refractivity contribution in [2.45, 2.75) is 31.1 Å². The van der Waals surface area contributed by atoms with Crippen LogP contribution in [0, 0.1) is 12.3 Å². The second-order valence-electron chi connectivity index (χ2n) is 5.04. The van der Waals surface area contributed by atoms with Crippen molar-refractivity contribution in [3.05, 3.63) is 29.8 Å². The summed E-state index contributed by atoms with van der Waals surface area (Å²) in [5, 5.41) is 2.64. The number of hydrogen-bond donors (Lipinski definition) is 1. The molecule has 0 unspecified atom stereocenters. The number of thioether (sulfide) groups is 1. The van der Waals surface area contributed by atoms with Crippen molar-refractivity contribution in [2.75, 3.05) is 12.3 Å². The quantitative estimate of drug-likeness (QED) is 0.667. The number of terminal acetylenes is 1. The van der Waals surface area contributed by atoms with Crippen molar-refractivity contribution in [1.29, 1.82) is 0 Å². The lowest BCUT2D eigenvalue weighted by atomic mass is 9.87. The molecule has 0 aromatic heterocycles. The lowest BCUT2D eigenvalue weighted by molar-refractivity contribution is -0.118. The van der Waals surface area contributed by atoms with E-state index in [1.165, 1.54) is 17.3 Å². The van der Waals surface area contributed by atoms with E-state index in [-0.39, 0.29) is 11.3 Å². The highest BCUT2D eigenvalue weighted by Crippen LogP contribution is 2.25. The summed E-state index contributed by atoms with van der Waals surface area (Å²) in [6, 6.07) is 8.34. The highest BCUT2D eigenvalue weighted by Gasteiger charge is 2.12. The molecule has 1 aromatic rings. The lowest BCUT2D eigenvalue weighted by Gasteiger charge is -2.19. The summed E-state index contributed by atoms with van der Waals surface area (Å²) in [7, 11) is 0. The van der Waals surface area contributed by atoms with Gasteiger partial charge in [-0.2, -0.15) is 0 Å². The van der Waals surface area contributed by atoms with E-state index in [9.17, 15) is 4.79 Å². The molecule has 0 aliphatic carbocycles. The molecule has 0 spiro atoms. The van der Waals surface area contributed by atoms with Crippen molar-refractivity contribution in [3.63, 3.8) is 0 Å². The molecule has 0 bridgehead atoms. The second-order valence-corrected chi connectivity index (χ2v) is 6.09. The maximum absolute atomic E-state index is 11.4. The third kappa shape index (κ3) is 4.85. The zero-order valence-corrected chi connectivity index (χ0v) is 11.9. The van der Waals surface area contributed by atoms with Crippen LogP contribution >= 0.6 is 11.8 Å². The number of nitrogens with one attached hydrogen (secondary N) is 1. The first kappa shape index (κ1) is 14.7. The molecule has 1 rings (SSSR count). The van der Waals surface area contributed by atoms with Crippen LogP contribution < -0.4 is 5.32 Å². The van der Waals surface area contributed by atoms with E-state index >= 15 is 0 Å². The number of hydrogen-bond acceptors (Lipinski definition) is 2. The van der Waals surface area contributed by atoms with Gasteiger partial charge in [-0.25, -0.2) is 0 Å². The van der Waals surface area contributed by atoms with Crippen molar-refractivity contribution in [2.24, 2.45) is 0 Å². The van der Waals surface area contributed by atoms with Gasteiger partial charge in [0.15, 0.2) is 0 Å². The minimum Gasteiger partial charge on any atom is -0.344 e. The Morgan fingerprint density at radius 1 is 1.33 bits per heavy atom. The van der Waals surface area contributed by atoms with E-state index in [0.717, 1.165) is 4.90 Å². The summed E-state index contributed by atoms with van der Waals surface area (Å²) in [6.07, 6.45) is 5.07. The fourth-order valence-electron chi connectivity index (χ4n) is 1.40. The SMILES string of the molecule is C#CCNC(=O)CSc1ccc(C(C)(C)C)cc1. The molecule has 2 nitrogen and oxygen atoms in total. The maximum atomic E-state index is 11.4. The van der Waals surface area contributed by atoms with E-state index in [1.807, 2.05) is 0 Å². The largest absolute Gasteiger partial charge is 0.344 e. The van der Waals surface area contributed by atoms with Crippen LogP contribution in [0.25, 0.3) is 0 Å². The van der Waals surface area contributed by atoms with E-state index in [0.29, 0.717) is 12.3 Å². The molecule has 0 atom stereocenters. The molecule has 0 fully saturated rings. The molecule has 0 aliphatic rings. The van der Waals surface area contributed by atoms with Gasteiger partial charge in [0.05, 0.1) is 12.3 Å². The minimum atomic E-state index is -0.0298. The summed E-state index contributed by atoms with van der Waals surface area (Å²) in [6.45, 7) is 6.84. The standard InChI is InChI=1S/C15H19NOS/c1-5-10-16-14(17)11-18-13-8-6-12(7-9-13)15(2,3)4/h1,6-9H,10-11H2,2-4H3,(H,16,17). The third-order valence-electron chi connectivity index (χ3n) is 2.48. The van der Waals surface area contributed by atoms with E-state index in [2.05, 4.69) is 56.3 Å². The Balaban J connectivity index is 2.50. The molecule has 0 aliphatic heterocycles. The molecular weight excluding hydrogens is 242 g/mol. The first-order valence-electron chi connectivity index (χ1n) is 5.87. The molecule has 0 saturated carbocycles. The second kappa shape index (κ2) is 6.51. The predicted molar refractivity (Wildman–Crippen MR) is 77.7 cm³/mol. The van der Waals surface area contributed by atoms with Gasteiger partial charge in [0.1, 0.15) is 0 Å². The average molecular weight is 261 g/mol. The molecule has 3 heteroatoms. The van der Waals surface area contributed by atoms with Crippen LogP contribution in [0.4, 0.5) is 0 Å². The van der Waals surface area contributed by atoms with Gasteiger partial charge in [-0.15, -0.1) is 18.2 Å². The van der Waals surface area contributed by atoms with Gasteiger partial charge in [-0.05, 0) is 23.1 Å². The van der Waals surface area contributed by atoms with Crippen molar-refractivity contribution >= 4 is 17.7 Å². The zero-order valence-electron chi connectivity index (χ0n) is 11.1. The first-order chi connectivity index (χ1) is 8.43. The molecule has 1 amide bonds. The maximum Gasteiger partial charge on any atom is 0.231 e. The smallest absolute Gasteiger partial charge is 0.231 e. The molecule has 1 aromatic carbocycles. The number of amides is 1. The Morgan fingerprint density at radius 2 is 1.94 bits per heavy atom. The topological polar surface area (TPSA) is 29.1 Å². The zero-order chi connectivity index (χ0) is 13.6. The molecule has 18 heavy (non-hydrogen) atoms. The van der Waals surface area contributed by atoms with Crippen molar-refractivity contribution in [3.8, 4) is 12.3 Å². The Hall–Kier alpha value is -1.40. The van der Waals surface area contributed by atoms with Gasteiger partial charge in [0.25, 0.3) is 0 Å². The van der Waals surface area contributed by atoms with Crippen LogP contribution in [0.15, 0.2) is 29.2 Å². The van der Waals surface area contributed by atoms with Crippen LogP contribution in [0.3, 0.4) is 0 Å². The molecular formula is C15H19NOS. The van der Waals surface area contributed by atoms with E-state index < -0.39 is 0 Å². The van der Waals surface area contributed by atoms with E-state index in [4.69, 9.17) is 6.42 Å². The van der Waals surface area contributed by atoms with E-state index in [1.54, 1.807) is 0 Å². The van der Waals surface area contributed by atoms with Crippen LogP contribution in [0.5, 0.6) is 0 Å². The molecule has 1 N–H and O–H groups in total. The fourth-order valence-corrected chi connectivity index (χ4v) is 2.13. The molecule has 96 valence electrons. The van der Waals surface area contributed by atoms with Crippen LogP contribution in [-0.2, 0) is 10.2 Å². The average Bonchev–Trinajstić information content (AvgIpc) is 2.33. The van der Waals surface area contributed by atoms with Gasteiger partial charge < -0.3 is 5.32 Å². The Kier molecular flexibility index (Phi) is 5.30. The Morgan fingerprint density at radius 3 is 2.44 bits per heavy atom. The number of rotatable bonds is 4. The number of carbonyl (C=O) groups excluding carboxylic acids is 1. The highest BCUT2D eigenvalue weighted by atomic mass is 32.2. The lowest BCUT2D eigenvalue weighted by Crippen LogP contribution is -2.25. The Bertz CT molecular complexity index is 437. The van der Waals surface area contributed by atoms with Crippen molar-refractivity contribution in [1.82, 2.24) is 5.32 Å². The highest BCUT2D eigenvalue weighted by molar-refractivity contribution is 8.00. The minimum absolute atomic E-state index is 0.0298. The molecule has 0 saturated heterocycles.